The zero-order valence-electron chi connectivity index (χ0n) is 16.2. The first-order chi connectivity index (χ1) is 13.3. The van der Waals surface area contributed by atoms with Gasteiger partial charge in [0.1, 0.15) is 5.60 Å². The zero-order chi connectivity index (χ0) is 22.0. The molecule has 1 N–H and O–H groups in total. The lowest BCUT2D eigenvalue weighted by molar-refractivity contribution is -0.137. The van der Waals surface area contributed by atoms with E-state index in [4.69, 9.17) is 9.47 Å². The average molecular weight is 415 g/mol. The largest absolute Gasteiger partial charge is 0.494 e. The number of amides is 1. The van der Waals surface area contributed by atoms with Crippen molar-refractivity contribution in [3.8, 4) is 5.75 Å². The summed E-state index contributed by atoms with van der Waals surface area (Å²) in [6, 6.07) is 7.44. The molecule has 0 saturated heterocycles. The van der Waals surface area contributed by atoms with Crippen LogP contribution in [0.15, 0.2) is 42.5 Å². The smallest absolute Gasteiger partial charge is 0.417 e. The normalized spacial score (nSPS) is 13.0. The van der Waals surface area contributed by atoms with Crippen LogP contribution in [-0.2, 0) is 10.9 Å². The molecule has 2 aromatic rings. The Balaban J connectivity index is 2.52. The minimum Gasteiger partial charge on any atom is -0.494 e. The lowest BCUT2D eigenvalue weighted by Crippen LogP contribution is -2.39. The second kappa shape index (κ2) is 8.28. The predicted molar refractivity (Wildman–Crippen MR) is 98.1 cm³/mol. The number of rotatable bonds is 4. The Labute approximate surface area is 165 Å². The summed E-state index contributed by atoms with van der Waals surface area (Å²) in [7, 11) is 1.23. The molecule has 29 heavy (non-hydrogen) atoms. The summed E-state index contributed by atoms with van der Waals surface area (Å²) in [5, 5.41) is 10.7. The molecule has 1 amide bonds. The van der Waals surface area contributed by atoms with Gasteiger partial charge in [0.25, 0.3) is 0 Å². The SMILES string of the molecule is COc1cccc(C(O)N(C(=O)OC(C)(C)C)c2ccc(C(F)(F)F)cc2)c1F. The molecule has 0 aliphatic carbocycles. The van der Waals surface area contributed by atoms with Gasteiger partial charge in [0, 0.05) is 5.56 Å². The van der Waals surface area contributed by atoms with E-state index in [0.29, 0.717) is 4.90 Å². The van der Waals surface area contributed by atoms with Crippen LogP contribution in [0.4, 0.5) is 28.0 Å². The van der Waals surface area contributed by atoms with Gasteiger partial charge in [-0.3, -0.25) is 0 Å². The van der Waals surface area contributed by atoms with Crippen LogP contribution in [-0.4, -0.2) is 23.9 Å². The number of benzene rings is 2. The van der Waals surface area contributed by atoms with E-state index in [1.807, 2.05) is 0 Å². The highest BCUT2D eigenvalue weighted by Gasteiger charge is 2.34. The van der Waals surface area contributed by atoms with Gasteiger partial charge in [0.15, 0.2) is 17.8 Å². The number of alkyl halides is 3. The highest BCUT2D eigenvalue weighted by Crippen LogP contribution is 2.34. The summed E-state index contributed by atoms with van der Waals surface area (Å²) in [4.78, 5) is 13.4. The van der Waals surface area contributed by atoms with E-state index in [-0.39, 0.29) is 17.0 Å². The molecule has 0 spiro atoms. The van der Waals surface area contributed by atoms with Gasteiger partial charge < -0.3 is 14.6 Å². The van der Waals surface area contributed by atoms with Crippen molar-refractivity contribution in [2.45, 2.75) is 38.8 Å². The van der Waals surface area contributed by atoms with Crippen LogP contribution in [0.1, 0.15) is 38.1 Å². The van der Waals surface area contributed by atoms with Crippen LogP contribution in [0, 0.1) is 5.82 Å². The lowest BCUT2D eigenvalue weighted by atomic mass is 10.1. The predicted octanol–water partition coefficient (Wildman–Crippen LogP) is 5.29. The minimum atomic E-state index is -4.58. The van der Waals surface area contributed by atoms with Crippen LogP contribution < -0.4 is 9.64 Å². The molecule has 0 radical (unpaired) electrons. The first-order valence-electron chi connectivity index (χ1n) is 8.55. The molecule has 1 unspecified atom stereocenters. The molecule has 2 rings (SSSR count). The number of halogens is 4. The van der Waals surface area contributed by atoms with Crippen LogP contribution in [0.2, 0.25) is 0 Å². The monoisotopic (exact) mass is 415 g/mol. The molecule has 0 bridgehead atoms. The van der Waals surface area contributed by atoms with Crippen molar-refractivity contribution in [3.63, 3.8) is 0 Å². The fourth-order valence-corrected chi connectivity index (χ4v) is 2.49. The molecule has 2 aromatic carbocycles. The van der Waals surface area contributed by atoms with Crippen molar-refractivity contribution >= 4 is 11.8 Å². The van der Waals surface area contributed by atoms with E-state index < -0.39 is 35.5 Å². The third-order valence-corrected chi connectivity index (χ3v) is 3.80. The van der Waals surface area contributed by atoms with Gasteiger partial charge in [-0.15, -0.1) is 0 Å². The standard InChI is InChI=1S/C20H21F4NO4/c1-19(2,3)29-18(27)25(13-10-8-12(9-11-13)20(22,23)24)17(26)14-6-5-7-15(28-4)16(14)21/h5-11,17,26H,1-4H3. The molecule has 0 fully saturated rings. The number of anilines is 1. The molecule has 158 valence electrons. The number of aliphatic hydroxyl groups excluding tert-OH is 1. The molecule has 1 atom stereocenters. The summed E-state index contributed by atoms with van der Waals surface area (Å²) in [5.74, 6) is -1.08. The maximum absolute atomic E-state index is 14.6. The number of carbonyl (C=O) groups is 1. The molecular formula is C20H21F4NO4. The molecule has 0 saturated carbocycles. The van der Waals surface area contributed by atoms with Gasteiger partial charge >= 0.3 is 12.3 Å². The number of ether oxygens (including phenoxy) is 2. The first kappa shape index (κ1) is 22.5. The van der Waals surface area contributed by atoms with Crippen molar-refractivity contribution in [2.75, 3.05) is 12.0 Å². The van der Waals surface area contributed by atoms with Gasteiger partial charge in [-0.2, -0.15) is 13.2 Å². The Bertz CT molecular complexity index is 860. The van der Waals surface area contributed by atoms with E-state index in [1.54, 1.807) is 20.8 Å². The van der Waals surface area contributed by atoms with Gasteiger partial charge in [-0.1, -0.05) is 12.1 Å². The zero-order valence-corrected chi connectivity index (χ0v) is 16.2. The topological polar surface area (TPSA) is 59.0 Å². The summed E-state index contributed by atoms with van der Waals surface area (Å²) >= 11 is 0. The Morgan fingerprint density at radius 1 is 1.07 bits per heavy atom. The number of aliphatic hydroxyl groups is 1. The van der Waals surface area contributed by atoms with E-state index in [9.17, 15) is 27.5 Å². The fraction of sp³-hybridized carbons (Fsp3) is 0.350. The van der Waals surface area contributed by atoms with Crippen LogP contribution in [0.5, 0.6) is 5.75 Å². The average Bonchev–Trinajstić information content (AvgIpc) is 2.60. The van der Waals surface area contributed by atoms with Gasteiger partial charge in [-0.25, -0.2) is 14.1 Å². The summed E-state index contributed by atoms with van der Waals surface area (Å²) < 4.78 is 63.3. The molecule has 0 aliphatic heterocycles. The van der Waals surface area contributed by atoms with E-state index in [2.05, 4.69) is 0 Å². The van der Waals surface area contributed by atoms with Crippen molar-refractivity contribution < 1.29 is 36.9 Å². The van der Waals surface area contributed by atoms with Gasteiger partial charge in [0.05, 0.1) is 18.4 Å². The van der Waals surface area contributed by atoms with E-state index in [0.717, 1.165) is 24.3 Å². The van der Waals surface area contributed by atoms with E-state index >= 15 is 0 Å². The Hall–Kier alpha value is -2.81. The molecule has 5 nitrogen and oxygen atoms in total. The number of hydrogen-bond acceptors (Lipinski definition) is 4. The van der Waals surface area contributed by atoms with Gasteiger partial charge in [-0.05, 0) is 51.1 Å². The maximum Gasteiger partial charge on any atom is 0.417 e. The maximum atomic E-state index is 14.6. The second-order valence-corrected chi connectivity index (χ2v) is 7.13. The molecule has 0 heterocycles. The summed E-state index contributed by atoms with van der Waals surface area (Å²) in [5.41, 5.74) is -2.32. The van der Waals surface area contributed by atoms with Crippen LogP contribution in [0.25, 0.3) is 0 Å². The minimum absolute atomic E-state index is 0.109. The summed E-state index contributed by atoms with van der Waals surface area (Å²) in [6.45, 7) is 4.73. The highest BCUT2D eigenvalue weighted by molar-refractivity contribution is 5.88. The third-order valence-electron chi connectivity index (χ3n) is 3.80. The summed E-state index contributed by atoms with van der Waals surface area (Å²) in [6.07, 6.45) is -7.52. The van der Waals surface area contributed by atoms with E-state index in [1.165, 1.54) is 25.3 Å². The highest BCUT2D eigenvalue weighted by atomic mass is 19.4. The molecule has 0 aromatic heterocycles. The first-order valence-corrected chi connectivity index (χ1v) is 8.55. The molecular weight excluding hydrogens is 394 g/mol. The quantitative estimate of drug-likeness (QED) is 0.545. The van der Waals surface area contributed by atoms with Crippen LogP contribution in [0.3, 0.4) is 0 Å². The van der Waals surface area contributed by atoms with Crippen molar-refractivity contribution in [2.24, 2.45) is 0 Å². The fourth-order valence-electron chi connectivity index (χ4n) is 2.49. The van der Waals surface area contributed by atoms with Crippen molar-refractivity contribution in [1.29, 1.82) is 0 Å². The number of methoxy groups -OCH3 is 1. The number of nitrogens with zero attached hydrogens (tertiary/aromatic N) is 1. The van der Waals surface area contributed by atoms with Crippen molar-refractivity contribution in [1.82, 2.24) is 0 Å². The Morgan fingerprint density at radius 2 is 1.66 bits per heavy atom. The Morgan fingerprint density at radius 3 is 2.14 bits per heavy atom. The second-order valence-electron chi connectivity index (χ2n) is 7.13. The van der Waals surface area contributed by atoms with Crippen molar-refractivity contribution in [3.05, 3.63) is 59.4 Å². The Kier molecular flexibility index (Phi) is 6.42. The number of hydrogen-bond donors (Lipinski definition) is 1. The van der Waals surface area contributed by atoms with Crippen LogP contribution >= 0.6 is 0 Å². The molecule has 9 heteroatoms. The number of carbonyl (C=O) groups excluding carboxylic acids is 1. The molecule has 0 aliphatic rings. The third kappa shape index (κ3) is 5.38. The van der Waals surface area contributed by atoms with Gasteiger partial charge in [0.2, 0.25) is 0 Å². The lowest BCUT2D eigenvalue weighted by Gasteiger charge is -2.31.